The quantitative estimate of drug-likeness (QED) is 0.0868. The summed E-state index contributed by atoms with van der Waals surface area (Å²) < 4.78 is 5.99. The lowest BCUT2D eigenvalue weighted by Gasteiger charge is -2.53. The molecule has 0 aromatic heterocycles. The molecule has 8 bridgehead atoms. The van der Waals surface area contributed by atoms with E-state index in [1.807, 2.05) is 0 Å². The van der Waals surface area contributed by atoms with Crippen LogP contribution in [-0.2, 0) is 43.1 Å². The van der Waals surface area contributed by atoms with Crippen molar-refractivity contribution in [3.63, 3.8) is 0 Å². The lowest BCUT2D eigenvalue weighted by atomic mass is 9.55. The van der Waals surface area contributed by atoms with Crippen LogP contribution in [-0.4, -0.2) is 118 Å². The molecular formula is C45H54N4O16. The number of carboxylic acid groups (broad SMARTS) is 7. The Morgan fingerprint density at radius 2 is 1.37 bits per heavy atom. The number of allylic oxidation sites excluding steroid dienone is 6. The van der Waals surface area contributed by atoms with Crippen molar-refractivity contribution in [1.82, 2.24) is 5.32 Å². The van der Waals surface area contributed by atoms with Gasteiger partial charge in [0.25, 0.3) is 0 Å². The molecule has 0 amide bonds. The predicted octanol–water partition coefficient (Wildman–Crippen LogP) is 4.64. The molecule has 2 fully saturated rings. The van der Waals surface area contributed by atoms with Crippen molar-refractivity contribution >= 4 is 64.9 Å². The highest BCUT2D eigenvalue weighted by Crippen LogP contribution is 2.63. The Hall–Kier alpha value is -6.47. The number of hydrogen-bond donors (Lipinski definition) is 8. The number of aliphatic carboxylic acids is 7. The minimum atomic E-state index is -1.65. The van der Waals surface area contributed by atoms with Gasteiger partial charge in [-0.15, -0.1) is 0 Å². The van der Waals surface area contributed by atoms with Crippen LogP contribution in [0.3, 0.4) is 0 Å². The molecule has 20 nitrogen and oxygen atoms in total. The second kappa shape index (κ2) is 17.2. The third-order valence-electron chi connectivity index (χ3n) is 14.6. The van der Waals surface area contributed by atoms with Crippen molar-refractivity contribution in [1.29, 1.82) is 0 Å². The summed E-state index contributed by atoms with van der Waals surface area (Å²) in [5.74, 6) is -11.3. The highest BCUT2D eigenvalue weighted by atomic mass is 16.5. The Bertz CT molecular complexity index is 2410. The average molecular weight is 907 g/mol. The summed E-state index contributed by atoms with van der Waals surface area (Å²) in [6.45, 7) is 8.14. The summed E-state index contributed by atoms with van der Waals surface area (Å²) in [6, 6.07) is 0. The number of rotatable bonds is 18. The topological polar surface area (TPSA) is 337 Å². The number of carboxylic acids is 7. The van der Waals surface area contributed by atoms with Gasteiger partial charge in [-0.05, 0) is 75.3 Å². The van der Waals surface area contributed by atoms with Crippen molar-refractivity contribution in [2.45, 2.75) is 135 Å². The molecule has 6 rings (SSSR count). The van der Waals surface area contributed by atoms with Crippen molar-refractivity contribution in [3.8, 4) is 0 Å². The number of hydrogen-bond acceptors (Lipinski definition) is 13. The molecular weight excluding hydrogens is 853 g/mol. The van der Waals surface area contributed by atoms with E-state index in [1.165, 1.54) is 6.08 Å². The minimum absolute atomic E-state index is 0.0830. The van der Waals surface area contributed by atoms with E-state index in [0.29, 0.717) is 11.3 Å². The molecule has 2 saturated heterocycles. The second-order valence-corrected chi connectivity index (χ2v) is 18.8. The van der Waals surface area contributed by atoms with Gasteiger partial charge < -0.3 is 45.8 Å². The molecule has 6 aliphatic heterocycles. The molecule has 0 radical (unpaired) electrons. The van der Waals surface area contributed by atoms with Crippen molar-refractivity contribution < 1.29 is 78.8 Å². The van der Waals surface area contributed by atoms with Crippen molar-refractivity contribution in [3.05, 3.63) is 46.0 Å². The largest absolute Gasteiger partial charge is 0.481 e. The Kier molecular flexibility index (Phi) is 12.7. The van der Waals surface area contributed by atoms with E-state index in [2.05, 4.69) is 5.32 Å². The lowest BCUT2D eigenvalue weighted by Crippen LogP contribution is -2.69. The molecule has 8 atom stereocenters. The molecule has 0 saturated carbocycles. The lowest BCUT2D eigenvalue weighted by molar-refractivity contribution is -0.168. The zero-order valence-corrected chi connectivity index (χ0v) is 36.7. The molecule has 0 aliphatic carbocycles. The number of carbonyl (C=O) groups is 8. The molecule has 350 valence electrons. The zero-order chi connectivity index (χ0) is 48.2. The summed E-state index contributed by atoms with van der Waals surface area (Å²) in [7, 11) is 0. The van der Waals surface area contributed by atoms with E-state index < -0.39 is 138 Å². The fourth-order valence-electron chi connectivity index (χ4n) is 11.5. The Morgan fingerprint density at radius 1 is 0.738 bits per heavy atom. The summed E-state index contributed by atoms with van der Waals surface area (Å²) in [4.78, 5) is 116. The van der Waals surface area contributed by atoms with Gasteiger partial charge in [-0.1, -0.05) is 13.8 Å². The van der Waals surface area contributed by atoms with Crippen molar-refractivity contribution in [2.24, 2.45) is 43.1 Å². The highest BCUT2D eigenvalue weighted by molar-refractivity contribution is 6.14. The summed E-state index contributed by atoms with van der Waals surface area (Å²) in [5, 5.41) is 74.8. The van der Waals surface area contributed by atoms with Crippen LogP contribution in [0.5, 0.6) is 0 Å². The number of nitrogens with zero attached hydrogens (tertiary/aromatic N) is 3. The van der Waals surface area contributed by atoms with E-state index in [-0.39, 0.29) is 78.2 Å². The molecule has 0 aromatic rings. The number of carbonyl (C=O) groups excluding carboxylic acids is 1. The maximum Gasteiger partial charge on any atom is 0.307 e. The minimum Gasteiger partial charge on any atom is -0.481 e. The summed E-state index contributed by atoms with van der Waals surface area (Å²) in [6.07, 6.45) is -3.05. The Balaban J connectivity index is 1.80. The average Bonchev–Trinajstić information content (AvgIpc) is 3.76. The molecule has 0 aromatic carbocycles. The number of nitrogens with one attached hydrogen (secondary N) is 1. The predicted molar refractivity (Wildman–Crippen MR) is 227 cm³/mol. The number of ether oxygens (including phenoxy) is 1. The number of aliphatic imine (C=N–C) groups is 3. The SMILES string of the molecule is CC1OC(=O)C[C@@]2(C)[C@H](CCC(=O)O)C3=CC4=NC(=C(CCC(=O)O)[C@]4(C)CC(=O)O)C[C@]4(C)N=C(/C=C5\N=C(C(CC(=O)O)[C@@]5(C)CCC(=O)O)C12N3)C(CCC(=O)O)=C4CC(=O)O. The highest BCUT2D eigenvalue weighted by Gasteiger charge is 2.71. The van der Waals surface area contributed by atoms with Gasteiger partial charge in [0, 0.05) is 77.3 Å². The molecule has 6 heterocycles. The number of cyclic esters (lactones) is 1. The second-order valence-electron chi connectivity index (χ2n) is 18.8. The van der Waals surface area contributed by atoms with E-state index >= 15 is 0 Å². The summed E-state index contributed by atoms with van der Waals surface area (Å²) in [5.41, 5.74) is -5.84. The van der Waals surface area contributed by atoms with Gasteiger partial charge in [-0.2, -0.15) is 0 Å². The maximum absolute atomic E-state index is 13.7. The smallest absolute Gasteiger partial charge is 0.307 e. The number of fused-ring (bicyclic) bond motifs is 4. The van der Waals surface area contributed by atoms with Gasteiger partial charge in [0.15, 0.2) is 0 Å². The van der Waals surface area contributed by atoms with Gasteiger partial charge >= 0.3 is 47.8 Å². The first-order valence-corrected chi connectivity index (χ1v) is 21.4. The zero-order valence-electron chi connectivity index (χ0n) is 36.7. The van der Waals surface area contributed by atoms with E-state index in [4.69, 9.17) is 19.7 Å². The van der Waals surface area contributed by atoms with Gasteiger partial charge in [-0.3, -0.25) is 53.3 Å². The van der Waals surface area contributed by atoms with Gasteiger partial charge in [0.2, 0.25) is 0 Å². The van der Waals surface area contributed by atoms with Crippen LogP contribution < -0.4 is 5.32 Å². The van der Waals surface area contributed by atoms with E-state index in [0.717, 1.165) is 0 Å². The van der Waals surface area contributed by atoms with Gasteiger partial charge in [0.05, 0.1) is 48.4 Å². The van der Waals surface area contributed by atoms with E-state index in [9.17, 15) is 74.1 Å². The molecule has 6 aliphatic rings. The monoisotopic (exact) mass is 906 g/mol. The van der Waals surface area contributed by atoms with Crippen LogP contribution in [0.4, 0.5) is 0 Å². The fourth-order valence-corrected chi connectivity index (χ4v) is 11.5. The van der Waals surface area contributed by atoms with Crippen LogP contribution in [0.1, 0.15) is 118 Å². The maximum atomic E-state index is 13.7. The third kappa shape index (κ3) is 8.49. The Morgan fingerprint density at radius 3 is 1.95 bits per heavy atom. The van der Waals surface area contributed by atoms with Gasteiger partial charge in [0.1, 0.15) is 11.6 Å². The third-order valence-corrected chi connectivity index (χ3v) is 14.6. The molecule has 8 N–H and O–H groups in total. The molecule has 20 heteroatoms. The first-order chi connectivity index (χ1) is 30.2. The normalized spacial score (nSPS) is 33.2. The first-order valence-electron chi connectivity index (χ1n) is 21.4. The van der Waals surface area contributed by atoms with Crippen LogP contribution in [0.2, 0.25) is 0 Å². The van der Waals surface area contributed by atoms with Crippen LogP contribution in [0.15, 0.2) is 60.9 Å². The standard InChI is InChI=1S/C45H54N4O16/c1-21-45-40-26(15-37(60)61)41(2,13-12-35(56)57)30(47-40)16-27-22(6-9-32(50)51)25(14-36(58)59)44(5,48-27)18-29-23(7-10-33(52)53)42(3,19-38(62)63)31(46-29)17-28(49-45)24(8-11-34(54)55)43(45,4)20-39(64)65-21/h16-17,21,24,26,49H,6-15,18-20H2,1-5H3,(H,50,51)(H,52,53)(H,54,55)(H,56,57)(H,58,59)(H,60,61)(H,62,63)/b28-17?,30-16-/t21?,24-,26?,41-,42+,43+,44+,45?/m1/s1. The molecule has 65 heavy (non-hydrogen) atoms. The fraction of sp³-hybridized carbons (Fsp3) is 0.578. The molecule has 1 spiro atoms. The summed E-state index contributed by atoms with van der Waals surface area (Å²) >= 11 is 0. The van der Waals surface area contributed by atoms with Gasteiger partial charge in [-0.25, -0.2) is 0 Å². The molecule has 3 unspecified atom stereocenters. The van der Waals surface area contributed by atoms with Crippen molar-refractivity contribution in [2.75, 3.05) is 0 Å². The first kappa shape index (κ1) is 48.0. The van der Waals surface area contributed by atoms with Crippen LogP contribution in [0.25, 0.3) is 0 Å². The van der Waals surface area contributed by atoms with Crippen LogP contribution in [0, 0.1) is 28.1 Å². The van der Waals surface area contributed by atoms with Crippen LogP contribution >= 0.6 is 0 Å². The number of esters is 1. The Labute approximate surface area is 372 Å². The van der Waals surface area contributed by atoms with E-state index in [1.54, 1.807) is 40.7 Å².